The summed E-state index contributed by atoms with van der Waals surface area (Å²) in [6.45, 7) is 0. The molecule has 0 atom stereocenters. The quantitative estimate of drug-likeness (QED) is 0.670. The lowest BCUT2D eigenvalue weighted by molar-refractivity contribution is -0.113. The number of pyridine rings is 1. The van der Waals surface area contributed by atoms with Gasteiger partial charge in [0.15, 0.2) is 11.0 Å². The standard InChI is InChI=1S/C17H17N5OS2/c1-22-16(12-6-5-9-18-10-12)20-21-17(22)25-11-15(23)19-13-7-3-4-8-14(13)24-2/h3-10H,11H2,1-2H3,(H,19,23). The van der Waals surface area contributed by atoms with Crippen LogP contribution < -0.4 is 5.32 Å². The van der Waals surface area contributed by atoms with Crippen LogP contribution in [0.15, 0.2) is 58.8 Å². The van der Waals surface area contributed by atoms with E-state index >= 15 is 0 Å². The van der Waals surface area contributed by atoms with E-state index < -0.39 is 0 Å². The van der Waals surface area contributed by atoms with Crippen LogP contribution in [0.5, 0.6) is 0 Å². The smallest absolute Gasteiger partial charge is 0.234 e. The summed E-state index contributed by atoms with van der Waals surface area (Å²) in [5.41, 5.74) is 1.72. The van der Waals surface area contributed by atoms with Gasteiger partial charge in [-0.05, 0) is 30.5 Å². The van der Waals surface area contributed by atoms with Gasteiger partial charge in [-0.15, -0.1) is 22.0 Å². The minimum absolute atomic E-state index is 0.0718. The second kappa shape index (κ2) is 8.17. The molecule has 0 radical (unpaired) electrons. The Labute approximate surface area is 154 Å². The fraction of sp³-hybridized carbons (Fsp3) is 0.176. The van der Waals surface area contributed by atoms with Gasteiger partial charge in [0, 0.05) is 29.9 Å². The van der Waals surface area contributed by atoms with Gasteiger partial charge in [0.25, 0.3) is 0 Å². The van der Waals surface area contributed by atoms with Gasteiger partial charge >= 0.3 is 0 Å². The van der Waals surface area contributed by atoms with E-state index in [4.69, 9.17) is 0 Å². The van der Waals surface area contributed by atoms with Gasteiger partial charge in [-0.25, -0.2) is 0 Å². The van der Waals surface area contributed by atoms with Crippen LogP contribution in [0.1, 0.15) is 0 Å². The van der Waals surface area contributed by atoms with Gasteiger partial charge in [0.05, 0.1) is 11.4 Å². The second-order valence-corrected chi connectivity index (χ2v) is 6.93. The maximum absolute atomic E-state index is 12.2. The zero-order chi connectivity index (χ0) is 17.6. The molecule has 8 heteroatoms. The summed E-state index contributed by atoms with van der Waals surface area (Å²) >= 11 is 2.95. The summed E-state index contributed by atoms with van der Waals surface area (Å²) in [5, 5.41) is 12.0. The molecule has 3 rings (SSSR count). The van der Waals surface area contributed by atoms with Gasteiger partial charge in [-0.3, -0.25) is 9.78 Å². The number of aromatic nitrogens is 4. The average molecular weight is 371 g/mol. The molecule has 0 aliphatic carbocycles. The maximum Gasteiger partial charge on any atom is 0.234 e. The fourth-order valence-electron chi connectivity index (χ4n) is 2.25. The van der Waals surface area contributed by atoms with Crippen molar-refractivity contribution in [1.82, 2.24) is 19.7 Å². The molecular formula is C17H17N5OS2. The lowest BCUT2D eigenvalue weighted by atomic mass is 10.3. The number of hydrogen-bond donors (Lipinski definition) is 1. The van der Waals surface area contributed by atoms with Gasteiger partial charge in [-0.1, -0.05) is 23.9 Å². The number of anilines is 1. The number of nitrogens with one attached hydrogen (secondary N) is 1. The molecule has 2 aromatic heterocycles. The van der Waals surface area contributed by atoms with Crippen molar-refractivity contribution in [1.29, 1.82) is 0 Å². The Hall–Kier alpha value is -2.32. The molecule has 6 nitrogen and oxygen atoms in total. The van der Waals surface area contributed by atoms with E-state index in [2.05, 4.69) is 20.5 Å². The second-order valence-electron chi connectivity index (χ2n) is 5.14. The Morgan fingerprint density at radius 3 is 2.80 bits per heavy atom. The van der Waals surface area contributed by atoms with E-state index in [1.165, 1.54) is 11.8 Å². The lowest BCUT2D eigenvalue weighted by Gasteiger charge is -2.09. The third-order valence-electron chi connectivity index (χ3n) is 3.47. The minimum atomic E-state index is -0.0718. The number of thioether (sulfide) groups is 2. The predicted molar refractivity (Wildman–Crippen MR) is 102 cm³/mol. The number of nitrogens with zero attached hydrogens (tertiary/aromatic N) is 4. The van der Waals surface area contributed by atoms with Crippen molar-refractivity contribution in [2.75, 3.05) is 17.3 Å². The number of carbonyl (C=O) groups excluding carboxylic acids is 1. The molecule has 0 spiro atoms. The first-order valence-electron chi connectivity index (χ1n) is 7.54. The van der Waals surface area contributed by atoms with Crippen molar-refractivity contribution < 1.29 is 4.79 Å². The average Bonchev–Trinajstić information content (AvgIpc) is 3.02. The van der Waals surface area contributed by atoms with Gasteiger partial charge in [0.2, 0.25) is 5.91 Å². The molecule has 0 fully saturated rings. The van der Waals surface area contributed by atoms with Crippen LogP contribution in [-0.2, 0) is 11.8 Å². The molecule has 1 N–H and O–H groups in total. The van der Waals surface area contributed by atoms with Crippen LogP contribution in [0.4, 0.5) is 5.69 Å². The molecule has 0 bridgehead atoms. The number of para-hydroxylation sites is 1. The Morgan fingerprint density at radius 1 is 1.20 bits per heavy atom. The van der Waals surface area contributed by atoms with Crippen molar-refractivity contribution >= 4 is 35.1 Å². The number of hydrogen-bond acceptors (Lipinski definition) is 6. The topological polar surface area (TPSA) is 72.7 Å². The molecule has 0 aliphatic rings. The molecule has 25 heavy (non-hydrogen) atoms. The number of carbonyl (C=O) groups is 1. The third-order valence-corrected chi connectivity index (χ3v) is 5.28. The summed E-state index contributed by atoms with van der Waals surface area (Å²) < 4.78 is 1.87. The third kappa shape index (κ3) is 4.21. The summed E-state index contributed by atoms with van der Waals surface area (Å²) in [4.78, 5) is 17.4. The van der Waals surface area contributed by atoms with Crippen LogP contribution >= 0.6 is 23.5 Å². The fourth-order valence-corrected chi connectivity index (χ4v) is 3.52. The number of rotatable bonds is 6. The van der Waals surface area contributed by atoms with E-state index in [1.807, 2.05) is 54.3 Å². The van der Waals surface area contributed by atoms with E-state index in [9.17, 15) is 4.79 Å². The highest BCUT2D eigenvalue weighted by Gasteiger charge is 2.13. The molecule has 1 amide bonds. The Kier molecular flexibility index (Phi) is 5.72. The van der Waals surface area contributed by atoms with Crippen molar-refractivity contribution in [2.24, 2.45) is 7.05 Å². The van der Waals surface area contributed by atoms with Crippen LogP contribution in [0.25, 0.3) is 11.4 Å². The molecule has 0 unspecified atom stereocenters. The van der Waals surface area contributed by atoms with E-state index in [-0.39, 0.29) is 11.7 Å². The zero-order valence-electron chi connectivity index (χ0n) is 13.8. The zero-order valence-corrected chi connectivity index (χ0v) is 15.5. The number of benzene rings is 1. The van der Waals surface area contributed by atoms with Crippen molar-refractivity contribution in [3.8, 4) is 11.4 Å². The molecular weight excluding hydrogens is 354 g/mol. The highest BCUT2D eigenvalue weighted by Crippen LogP contribution is 2.25. The van der Waals surface area contributed by atoms with Crippen molar-refractivity contribution in [3.05, 3.63) is 48.8 Å². The van der Waals surface area contributed by atoms with Crippen LogP contribution in [0.3, 0.4) is 0 Å². The maximum atomic E-state index is 12.2. The molecule has 3 aromatic rings. The normalized spacial score (nSPS) is 10.6. The first kappa shape index (κ1) is 17.5. The first-order chi connectivity index (χ1) is 12.2. The monoisotopic (exact) mass is 371 g/mol. The van der Waals surface area contributed by atoms with E-state index in [0.29, 0.717) is 5.16 Å². The van der Waals surface area contributed by atoms with Crippen LogP contribution in [-0.4, -0.2) is 37.7 Å². The highest BCUT2D eigenvalue weighted by molar-refractivity contribution is 7.99. The molecule has 1 aromatic carbocycles. The van der Waals surface area contributed by atoms with Gasteiger partial charge in [-0.2, -0.15) is 0 Å². The van der Waals surface area contributed by atoms with Crippen LogP contribution in [0, 0.1) is 0 Å². The SMILES string of the molecule is CSc1ccccc1NC(=O)CSc1nnc(-c2cccnc2)n1C. The Bertz CT molecular complexity index is 866. The van der Waals surface area contributed by atoms with Gasteiger partial charge < -0.3 is 9.88 Å². The molecule has 128 valence electrons. The van der Waals surface area contributed by atoms with E-state index in [0.717, 1.165) is 22.0 Å². The lowest BCUT2D eigenvalue weighted by Crippen LogP contribution is -2.15. The summed E-state index contributed by atoms with van der Waals surface area (Å²) in [6.07, 6.45) is 5.44. The van der Waals surface area contributed by atoms with Crippen LogP contribution in [0.2, 0.25) is 0 Å². The minimum Gasteiger partial charge on any atom is -0.324 e. The van der Waals surface area contributed by atoms with E-state index in [1.54, 1.807) is 24.2 Å². The largest absolute Gasteiger partial charge is 0.324 e. The molecule has 0 saturated carbocycles. The van der Waals surface area contributed by atoms with Gasteiger partial charge in [0.1, 0.15) is 0 Å². The highest BCUT2D eigenvalue weighted by atomic mass is 32.2. The Balaban J connectivity index is 1.64. The molecule has 0 aliphatic heterocycles. The first-order valence-corrected chi connectivity index (χ1v) is 9.75. The Morgan fingerprint density at radius 2 is 2.04 bits per heavy atom. The summed E-state index contributed by atoms with van der Waals surface area (Å²) in [6, 6.07) is 11.5. The van der Waals surface area contributed by atoms with Crippen molar-refractivity contribution in [3.63, 3.8) is 0 Å². The summed E-state index contributed by atoms with van der Waals surface area (Å²) in [5.74, 6) is 0.919. The molecule has 2 heterocycles. The predicted octanol–water partition coefficient (Wildman–Crippen LogP) is 3.33. The number of amides is 1. The molecule has 0 saturated heterocycles. The van der Waals surface area contributed by atoms with Crippen molar-refractivity contribution in [2.45, 2.75) is 10.1 Å². The summed E-state index contributed by atoms with van der Waals surface area (Å²) in [7, 11) is 1.88.